The molecule has 5 unspecified atom stereocenters. The molecule has 0 heterocycles. The molecule has 5 atom stereocenters. The molecule has 0 aromatic rings. The van der Waals surface area contributed by atoms with Gasteiger partial charge >= 0.3 is 0 Å². The summed E-state index contributed by atoms with van der Waals surface area (Å²) in [5.74, 6) is 0. The van der Waals surface area contributed by atoms with E-state index in [0.717, 1.165) is 0 Å². The first kappa shape index (κ1) is 8.83. The van der Waals surface area contributed by atoms with Gasteiger partial charge in [0.1, 0.15) is 6.10 Å². The van der Waals surface area contributed by atoms with Crippen molar-refractivity contribution in [1.82, 2.24) is 0 Å². The minimum atomic E-state index is -2.19. The summed E-state index contributed by atoms with van der Waals surface area (Å²) in [7, 11) is 0. The highest BCUT2D eigenvalue weighted by Crippen LogP contribution is 2.25. The Balaban J connectivity index is 2.63. The van der Waals surface area contributed by atoms with Gasteiger partial charge < -0.3 is 15.3 Å². The minimum absolute atomic E-state index is 0.317. The van der Waals surface area contributed by atoms with Crippen LogP contribution in [-0.2, 0) is 0 Å². The van der Waals surface area contributed by atoms with Crippen molar-refractivity contribution in [3.05, 3.63) is 0 Å². The lowest BCUT2D eigenvalue weighted by Gasteiger charge is -2.32. The Morgan fingerprint density at radius 3 is 2.00 bits per heavy atom. The smallest absolute Gasteiger partial charge is 0.162 e. The van der Waals surface area contributed by atoms with Crippen molar-refractivity contribution in [3.8, 4) is 0 Å². The summed E-state index contributed by atoms with van der Waals surface area (Å²) in [6.07, 6.45) is -9.19. The molecule has 1 fully saturated rings. The van der Waals surface area contributed by atoms with Gasteiger partial charge in [-0.25, -0.2) is 8.78 Å². The second-order valence-electron chi connectivity index (χ2n) is 2.75. The van der Waals surface area contributed by atoms with Crippen LogP contribution in [0.5, 0.6) is 0 Å². The van der Waals surface area contributed by atoms with Crippen molar-refractivity contribution >= 4 is 0 Å². The van der Waals surface area contributed by atoms with E-state index in [2.05, 4.69) is 0 Å². The largest absolute Gasteiger partial charge is 0.390 e. The van der Waals surface area contributed by atoms with Crippen LogP contribution in [-0.4, -0.2) is 46.0 Å². The van der Waals surface area contributed by atoms with Gasteiger partial charge in [-0.15, -0.1) is 0 Å². The zero-order valence-electron chi connectivity index (χ0n) is 5.69. The van der Waals surface area contributed by atoms with Gasteiger partial charge in [0.2, 0.25) is 0 Å². The minimum Gasteiger partial charge on any atom is -0.390 e. The third-order valence-electron chi connectivity index (χ3n) is 1.88. The maximum absolute atomic E-state index is 12.5. The van der Waals surface area contributed by atoms with Crippen molar-refractivity contribution in [3.63, 3.8) is 0 Å². The number of rotatable bonds is 0. The Morgan fingerprint density at radius 2 is 1.45 bits per heavy atom. The summed E-state index contributed by atoms with van der Waals surface area (Å²) in [5, 5.41) is 26.3. The number of hydrogen-bond acceptors (Lipinski definition) is 3. The van der Waals surface area contributed by atoms with Gasteiger partial charge in [0.25, 0.3) is 0 Å². The number of aliphatic hydroxyl groups is 3. The first-order valence-corrected chi connectivity index (χ1v) is 3.36. The van der Waals surface area contributed by atoms with Crippen molar-refractivity contribution < 1.29 is 24.1 Å². The van der Waals surface area contributed by atoms with Gasteiger partial charge in [-0.3, -0.25) is 0 Å². The summed E-state index contributed by atoms with van der Waals surface area (Å²) in [4.78, 5) is 0. The van der Waals surface area contributed by atoms with Gasteiger partial charge in [-0.05, 0) is 0 Å². The molecule has 3 nitrogen and oxygen atoms in total. The van der Waals surface area contributed by atoms with Gasteiger partial charge in [-0.2, -0.15) is 0 Å². The van der Waals surface area contributed by atoms with Gasteiger partial charge in [0, 0.05) is 6.42 Å². The Morgan fingerprint density at radius 1 is 0.909 bits per heavy atom. The third-order valence-corrected chi connectivity index (χ3v) is 1.88. The van der Waals surface area contributed by atoms with Crippen molar-refractivity contribution in [2.45, 2.75) is 37.1 Å². The van der Waals surface area contributed by atoms with Crippen molar-refractivity contribution in [1.29, 1.82) is 0 Å². The second kappa shape index (κ2) is 3.00. The van der Waals surface area contributed by atoms with Crippen LogP contribution in [0.2, 0.25) is 0 Å². The highest BCUT2D eigenvalue weighted by molar-refractivity contribution is 4.92. The van der Waals surface area contributed by atoms with E-state index in [1.165, 1.54) is 0 Å². The summed E-state index contributed by atoms with van der Waals surface area (Å²) < 4.78 is 25.0. The predicted octanol–water partition coefficient (Wildman–Crippen LogP) is -0.851. The number of hydrogen-bond donors (Lipinski definition) is 3. The average Bonchev–Trinajstić information content (AvgIpc) is 1.97. The van der Waals surface area contributed by atoms with Crippen LogP contribution in [0.25, 0.3) is 0 Å². The first-order chi connectivity index (χ1) is 5.04. The Bertz CT molecular complexity index is 130. The van der Waals surface area contributed by atoms with E-state index in [0.29, 0.717) is 0 Å². The number of halogens is 2. The van der Waals surface area contributed by atoms with E-state index < -0.39 is 30.7 Å². The monoisotopic (exact) mass is 168 g/mol. The molecular weight excluding hydrogens is 158 g/mol. The van der Waals surface area contributed by atoms with E-state index in [4.69, 9.17) is 15.3 Å². The quantitative estimate of drug-likeness (QED) is 0.441. The molecule has 0 spiro atoms. The molecule has 66 valence electrons. The molecule has 0 aliphatic heterocycles. The maximum atomic E-state index is 12.5. The molecule has 11 heavy (non-hydrogen) atoms. The van der Waals surface area contributed by atoms with E-state index in [-0.39, 0.29) is 6.42 Å². The average molecular weight is 168 g/mol. The molecule has 0 aromatic carbocycles. The molecule has 1 saturated carbocycles. The van der Waals surface area contributed by atoms with Crippen molar-refractivity contribution in [2.24, 2.45) is 0 Å². The molecule has 1 rings (SSSR count). The molecule has 0 amide bonds. The Labute approximate surface area is 62.3 Å². The van der Waals surface area contributed by atoms with Gasteiger partial charge in [0.05, 0.1) is 12.2 Å². The highest BCUT2D eigenvalue weighted by Gasteiger charge is 2.43. The van der Waals surface area contributed by atoms with E-state index in [9.17, 15) is 8.78 Å². The molecule has 1 aliphatic carbocycles. The second-order valence-corrected chi connectivity index (χ2v) is 2.75. The zero-order valence-corrected chi connectivity index (χ0v) is 5.69. The van der Waals surface area contributed by atoms with Crippen LogP contribution < -0.4 is 0 Å². The van der Waals surface area contributed by atoms with E-state index in [1.807, 2.05) is 0 Å². The molecule has 0 saturated heterocycles. The van der Waals surface area contributed by atoms with Crippen LogP contribution in [0.3, 0.4) is 0 Å². The fourth-order valence-corrected chi connectivity index (χ4v) is 1.13. The zero-order chi connectivity index (χ0) is 8.59. The normalized spacial score (nSPS) is 52.6. The van der Waals surface area contributed by atoms with E-state index >= 15 is 0 Å². The molecule has 0 bridgehead atoms. The van der Waals surface area contributed by atoms with Crippen LogP contribution >= 0.6 is 0 Å². The van der Waals surface area contributed by atoms with Crippen LogP contribution in [0.15, 0.2) is 0 Å². The molecule has 1 aliphatic rings. The number of aliphatic hydroxyl groups excluding tert-OH is 3. The first-order valence-electron chi connectivity index (χ1n) is 3.36. The SMILES string of the molecule is OC1CC(O)C(F)C(F)C1O. The van der Waals surface area contributed by atoms with Gasteiger partial charge in [-0.1, -0.05) is 0 Å². The topological polar surface area (TPSA) is 60.7 Å². The molecule has 0 radical (unpaired) electrons. The van der Waals surface area contributed by atoms with Crippen LogP contribution in [0, 0.1) is 0 Å². The van der Waals surface area contributed by atoms with Crippen LogP contribution in [0.4, 0.5) is 8.78 Å². The standard InChI is InChI=1S/C6H10F2O3/c7-4-2(9)1-3(10)6(11)5(4)8/h2-6,9-11H,1H2. The summed E-state index contributed by atoms with van der Waals surface area (Å²) >= 11 is 0. The predicted molar refractivity (Wildman–Crippen MR) is 32.4 cm³/mol. The molecule has 3 N–H and O–H groups in total. The van der Waals surface area contributed by atoms with Crippen LogP contribution in [0.1, 0.15) is 6.42 Å². The fourth-order valence-electron chi connectivity index (χ4n) is 1.13. The Hall–Kier alpha value is -0.260. The molecule has 5 heteroatoms. The van der Waals surface area contributed by atoms with E-state index in [1.54, 1.807) is 0 Å². The highest BCUT2D eigenvalue weighted by atomic mass is 19.2. The summed E-state index contributed by atoms with van der Waals surface area (Å²) in [6.45, 7) is 0. The molecular formula is C6H10F2O3. The third kappa shape index (κ3) is 1.50. The fraction of sp³-hybridized carbons (Fsp3) is 1.00. The van der Waals surface area contributed by atoms with Crippen molar-refractivity contribution in [2.75, 3.05) is 0 Å². The maximum Gasteiger partial charge on any atom is 0.162 e. The lowest BCUT2D eigenvalue weighted by molar-refractivity contribution is -0.129. The lowest BCUT2D eigenvalue weighted by Crippen LogP contribution is -2.52. The Kier molecular flexibility index (Phi) is 2.41. The molecule has 0 aromatic heterocycles. The number of alkyl halides is 2. The lowest BCUT2D eigenvalue weighted by atomic mass is 9.89. The van der Waals surface area contributed by atoms with Gasteiger partial charge in [0.15, 0.2) is 12.3 Å². The summed E-state index contributed by atoms with van der Waals surface area (Å²) in [5.41, 5.74) is 0. The summed E-state index contributed by atoms with van der Waals surface area (Å²) in [6, 6.07) is 0.